The lowest BCUT2D eigenvalue weighted by atomic mass is 10.3. The Hall–Kier alpha value is -2.08. The topological polar surface area (TPSA) is 59.8 Å². The molecule has 1 amide bonds. The molecule has 0 unspecified atom stereocenters. The number of carbonyl (C=O) groups excluding carboxylic acids is 1. The minimum Gasteiger partial charge on any atom is -0.318 e. The molecule has 0 saturated heterocycles. The molecule has 0 radical (unpaired) electrons. The van der Waals surface area contributed by atoms with Crippen LogP contribution in [0.1, 0.15) is 16.4 Å². The average Bonchev–Trinajstić information content (AvgIpc) is 2.94. The standard InChI is InChI=1S/C16H11Cl3N4O/c1-9-20-15(16(24)21-13-5-3-2-4-11(13)18)22-23(9)14-8-10(17)6-7-12(14)19/h2-8H,1H3,(H,21,24). The molecule has 8 heteroatoms. The smallest absolute Gasteiger partial charge is 0.295 e. The van der Waals surface area contributed by atoms with Crippen LogP contribution in [0, 0.1) is 6.92 Å². The lowest BCUT2D eigenvalue weighted by Gasteiger charge is -2.06. The summed E-state index contributed by atoms with van der Waals surface area (Å²) < 4.78 is 1.47. The third-order valence-electron chi connectivity index (χ3n) is 3.23. The number of nitrogens with one attached hydrogen (secondary N) is 1. The van der Waals surface area contributed by atoms with Crippen LogP contribution in [0.15, 0.2) is 42.5 Å². The Morgan fingerprint density at radius 1 is 1.08 bits per heavy atom. The van der Waals surface area contributed by atoms with Crippen molar-refractivity contribution in [3.8, 4) is 5.69 Å². The summed E-state index contributed by atoms with van der Waals surface area (Å²) in [4.78, 5) is 16.5. The van der Waals surface area contributed by atoms with E-state index in [9.17, 15) is 4.79 Å². The number of aromatic nitrogens is 3. The first-order valence-corrected chi connectivity index (χ1v) is 8.04. The first-order valence-electron chi connectivity index (χ1n) is 6.90. The van der Waals surface area contributed by atoms with Crippen molar-refractivity contribution in [1.29, 1.82) is 0 Å². The van der Waals surface area contributed by atoms with Gasteiger partial charge in [0.2, 0.25) is 5.82 Å². The fourth-order valence-electron chi connectivity index (χ4n) is 2.10. The number of carbonyl (C=O) groups is 1. The third-order valence-corrected chi connectivity index (χ3v) is 4.11. The van der Waals surface area contributed by atoms with Gasteiger partial charge >= 0.3 is 0 Å². The van der Waals surface area contributed by atoms with E-state index < -0.39 is 5.91 Å². The van der Waals surface area contributed by atoms with E-state index >= 15 is 0 Å². The van der Waals surface area contributed by atoms with Gasteiger partial charge in [-0.05, 0) is 37.3 Å². The van der Waals surface area contributed by atoms with Gasteiger partial charge < -0.3 is 5.32 Å². The Labute approximate surface area is 153 Å². The molecule has 0 aliphatic carbocycles. The van der Waals surface area contributed by atoms with Crippen LogP contribution < -0.4 is 5.32 Å². The van der Waals surface area contributed by atoms with Gasteiger partial charge in [0.25, 0.3) is 5.91 Å². The molecule has 0 atom stereocenters. The predicted octanol–water partition coefficient (Wildman–Crippen LogP) is 4.79. The largest absolute Gasteiger partial charge is 0.318 e. The zero-order valence-corrected chi connectivity index (χ0v) is 14.7. The van der Waals surface area contributed by atoms with Gasteiger partial charge in [-0.2, -0.15) is 0 Å². The van der Waals surface area contributed by atoms with Crippen molar-refractivity contribution in [3.05, 3.63) is 69.2 Å². The van der Waals surface area contributed by atoms with Crippen molar-refractivity contribution in [2.24, 2.45) is 0 Å². The minimum absolute atomic E-state index is 0.00321. The van der Waals surface area contributed by atoms with Crippen LogP contribution in [0.25, 0.3) is 5.69 Å². The molecule has 3 rings (SSSR count). The quantitative estimate of drug-likeness (QED) is 0.709. The lowest BCUT2D eigenvalue weighted by molar-refractivity contribution is 0.101. The van der Waals surface area contributed by atoms with Crippen LogP contribution in [0.5, 0.6) is 0 Å². The van der Waals surface area contributed by atoms with Crippen molar-refractivity contribution in [3.63, 3.8) is 0 Å². The molecule has 0 aliphatic rings. The van der Waals surface area contributed by atoms with E-state index in [2.05, 4.69) is 15.4 Å². The summed E-state index contributed by atoms with van der Waals surface area (Å²) >= 11 is 18.2. The first kappa shape index (κ1) is 16.8. The van der Waals surface area contributed by atoms with E-state index in [1.807, 2.05) is 0 Å². The van der Waals surface area contributed by atoms with Gasteiger partial charge in [-0.1, -0.05) is 46.9 Å². The molecule has 1 N–H and O–H groups in total. The molecule has 0 aliphatic heterocycles. The SMILES string of the molecule is Cc1nc(C(=O)Nc2ccccc2Cl)nn1-c1cc(Cl)ccc1Cl. The molecule has 5 nitrogen and oxygen atoms in total. The average molecular weight is 382 g/mol. The second-order valence-corrected chi connectivity index (χ2v) is 6.17. The highest BCUT2D eigenvalue weighted by Crippen LogP contribution is 2.25. The molecule has 122 valence electrons. The normalized spacial score (nSPS) is 10.7. The van der Waals surface area contributed by atoms with Crippen molar-refractivity contribution in [2.45, 2.75) is 6.92 Å². The fourth-order valence-corrected chi connectivity index (χ4v) is 2.65. The predicted molar refractivity (Wildman–Crippen MR) is 95.5 cm³/mol. The van der Waals surface area contributed by atoms with Crippen LogP contribution in [-0.4, -0.2) is 20.7 Å². The molecule has 2 aromatic carbocycles. The van der Waals surface area contributed by atoms with E-state index in [1.54, 1.807) is 49.4 Å². The summed E-state index contributed by atoms with van der Waals surface area (Å²) in [7, 11) is 0. The van der Waals surface area contributed by atoms with Crippen LogP contribution in [0.3, 0.4) is 0 Å². The number of amides is 1. The van der Waals surface area contributed by atoms with E-state index in [-0.39, 0.29) is 5.82 Å². The molecule has 24 heavy (non-hydrogen) atoms. The fraction of sp³-hybridized carbons (Fsp3) is 0.0625. The number of para-hydroxylation sites is 1. The Morgan fingerprint density at radius 3 is 2.58 bits per heavy atom. The number of halogens is 3. The molecule has 0 spiro atoms. The van der Waals surface area contributed by atoms with Crippen molar-refractivity contribution in [1.82, 2.24) is 14.8 Å². The monoisotopic (exact) mass is 380 g/mol. The Bertz CT molecular complexity index is 923. The van der Waals surface area contributed by atoms with Crippen LogP contribution in [-0.2, 0) is 0 Å². The number of aryl methyl sites for hydroxylation is 1. The lowest BCUT2D eigenvalue weighted by Crippen LogP contribution is -2.14. The zero-order valence-electron chi connectivity index (χ0n) is 12.4. The molecule has 1 heterocycles. The second-order valence-electron chi connectivity index (χ2n) is 4.92. The van der Waals surface area contributed by atoms with Crippen molar-refractivity contribution in [2.75, 3.05) is 5.32 Å². The number of hydrogen-bond acceptors (Lipinski definition) is 3. The number of rotatable bonds is 3. The van der Waals surface area contributed by atoms with Gasteiger partial charge in [0, 0.05) is 5.02 Å². The molecular formula is C16H11Cl3N4O. The Morgan fingerprint density at radius 2 is 1.83 bits per heavy atom. The number of anilines is 1. The maximum atomic E-state index is 12.3. The highest BCUT2D eigenvalue weighted by Gasteiger charge is 2.17. The van der Waals surface area contributed by atoms with Gasteiger partial charge in [-0.25, -0.2) is 9.67 Å². The number of nitrogens with zero attached hydrogens (tertiary/aromatic N) is 3. The van der Waals surface area contributed by atoms with Gasteiger partial charge in [0.05, 0.1) is 21.4 Å². The van der Waals surface area contributed by atoms with Crippen LogP contribution in [0.2, 0.25) is 15.1 Å². The Kier molecular flexibility index (Phi) is 4.76. The van der Waals surface area contributed by atoms with E-state index in [0.29, 0.717) is 32.3 Å². The maximum absolute atomic E-state index is 12.3. The second kappa shape index (κ2) is 6.81. The molecule has 0 bridgehead atoms. The van der Waals surface area contributed by atoms with E-state index in [1.165, 1.54) is 4.68 Å². The van der Waals surface area contributed by atoms with Crippen LogP contribution >= 0.6 is 34.8 Å². The maximum Gasteiger partial charge on any atom is 0.295 e. The zero-order chi connectivity index (χ0) is 17.3. The van der Waals surface area contributed by atoms with Gasteiger partial charge in [-0.15, -0.1) is 5.10 Å². The van der Waals surface area contributed by atoms with E-state index in [0.717, 1.165) is 0 Å². The minimum atomic E-state index is -0.469. The number of hydrogen-bond donors (Lipinski definition) is 1. The first-order chi connectivity index (χ1) is 11.5. The Balaban J connectivity index is 1.93. The third kappa shape index (κ3) is 3.38. The summed E-state index contributed by atoms with van der Waals surface area (Å²) in [6.07, 6.45) is 0. The van der Waals surface area contributed by atoms with Crippen molar-refractivity contribution < 1.29 is 4.79 Å². The molecule has 3 aromatic rings. The molecular weight excluding hydrogens is 371 g/mol. The highest BCUT2D eigenvalue weighted by molar-refractivity contribution is 6.34. The van der Waals surface area contributed by atoms with Crippen molar-refractivity contribution >= 4 is 46.4 Å². The molecule has 0 fully saturated rings. The summed E-state index contributed by atoms with van der Waals surface area (Å²) in [5.74, 6) is 0.0371. The summed E-state index contributed by atoms with van der Waals surface area (Å²) in [5.41, 5.74) is 1.03. The molecule has 1 aromatic heterocycles. The molecule has 0 saturated carbocycles. The summed E-state index contributed by atoms with van der Waals surface area (Å²) in [6.45, 7) is 1.72. The van der Waals surface area contributed by atoms with Gasteiger partial charge in [0.1, 0.15) is 5.82 Å². The summed E-state index contributed by atoms with van der Waals surface area (Å²) in [6, 6.07) is 11.9. The van der Waals surface area contributed by atoms with Gasteiger partial charge in [-0.3, -0.25) is 4.79 Å². The van der Waals surface area contributed by atoms with Crippen LogP contribution in [0.4, 0.5) is 5.69 Å². The highest BCUT2D eigenvalue weighted by atomic mass is 35.5. The number of benzene rings is 2. The van der Waals surface area contributed by atoms with Gasteiger partial charge in [0.15, 0.2) is 0 Å². The van der Waals surface area contributed by atoms with E-state index in [4.69, 9.17) is 34.8 Å². The summed E-state index contributed by atoms with van der Waals surface area (Å²) in [5, 5.41) is 8.28.